The standard InChI is InChI=1S/C49H81N5O12/c1-25(2)11-10-12-26(3)34-15-16-35-33-14-13-31-23-32(19-21-48(31,8)36(33)20-22-49(34,35)9)65-46(62)28(5)52-45(61)37(17-18-39(56)57)54-43(59)27(4)51-44(60)29(6)64-42-40(53-30(7)55)47(63)66-38(24-50)41(42)58/h13,25-29,32-38,40-42,47,58,63H,10-12,14-24,50H2,1-9H3,(H,51,60)(H,52,61)(H,53,55)(H,54,59)(H,56,57)/t26-,27+,28+,29?,32+,33?,34-,35+,36+,37+,38-,40-,41-,42-,47?,48+,49-/m1/s1. The van der Waals surface area contributed by atoms with Gasteiger partial charge in [0.25, 0.3) is 0 Å². The number of carboxylic acids is 1. The van der Waals surface area contributed by atoms with Crippen molar-refractivity contribution in [2.45, 2.75) is 207 Å². The smallest absolute Gasteiger partial charge is 0.328 e. The lowest BCUT2D eigenvalue weighted by Crippen LogP contribution is -2.66. The van der Waals surface area contributed by atoms with Gasteiger partial charge in [0.1, 0.15) is 54.7 Å². The second-order valence-corrected chi connectivity index (χ2v) is 21.3. The van der Waals surface area contributed by atoms with Gasteiger partial charge in [0.05, 0.1) is 0 Å². The fraction of sp³-hybridized carbons (Fsp3) is 0.837. The number of ether oxygens (including phenoxy) is 3. The van der Waals surface area contributed by atoms with Gasteiger partial charge in [0.15, 0.2) is 6.29 Å². The number of carboxylic acid groups (broad SMARTS) is 1. The zero-order valence-electron chi connectivity index (χ0n) is 40.8. The van der Waals surface area contributed by atoms with Crippen molar-refractivity contribution in [3.63, 3.8) is 0 Å². The first kappa shape index (κ1) is 53.3. The minimum absolute atomic E-state index is 0.0625. The Balaban J connectivity index is 1.13. The fourth-order valence-corrected chi connectivity index (χ4v) is 12.6. The Bertz CT molecular complexity index is 1780. The third-order valence-electron chi connectivity index (χ3n) is 16.3. The number of aliphatic carboxylic acids is 1. The molecule has 0 radical (unpaired) electrons. The van der Waals surface area contributed by atoms with Crippen LogP contribution in [0.25, 0.3) is 0 Å². The molecule has 4 amide bonds. The van der Waals surface area contributed by atoms with Gasteiger partial charge >= 0.3 is 11.9 Å². The van der Waals surface area contributed by atoms with Crippen LogP contribution < -0.4 is 27.0 Å². The molecule has 17 nitrogen and oxygen atoms in total. The maximum absolute atomic E-state index is 13.5. The highest BCUT2D eigenvalue weighted by atomic mass is 16.6. The van der Waals surface area contributed by atoms with E-state index in [1.54, 1.807) is 0 Å². The second-order valence-electron chi connectivity index (χ2n) is 21.3. The van der Waals surface area contributed by atoms with Crippen LogP contribution in [0.2, 0.25) is 0 Å². The molecule has 17 heteroatoms. The SMILES string of the molecule is CC(=O)N[C@H]1C(O)O[C@H](CN)[C@@H](O)[C@@H]1OC(C)C(=O)N[C@@H](C)C(=O)N[C@@H](CCC(=O)O)C(=O)N[C@@H](C)C(=O)O[C@H]1CC[C@@]2(C)C(=CCC3[C@@H]4CC[C@H]([C@H](C)CCCC(C)C)[C@@]4(C)CC[C@@H]32)C1. The molecule has 0 aromatic carbocycles. The Morgan fingerprint density at radius 2 is 1.56 bits per heavy atom. The highest BCUT2D eigenvalue weighted by molar-refractivity contribution is 5.94. The Kier molecular flexibility index (Phi) is 18.3. The lowest BCUT2D eigenvalue weighted by molar-refractivity contribution is -0.258. The van der Waals surface area contributed by atoms with E-state index in [9.17, 15) is 44.1 Å². The molecule has 66 heavy (non-hydrogen) atoms. The first-order valence-corrected chi connectivity index (χ1v) is 24.7. The fourth-order valence-electron chi connectivity index (χ4n) is 12.6. The average Bonchev–Trinajstić information content (AvgIpc) is 3.61. The number of fused-ring (bicyclic) bond motifs is 5. The highest BCUT2D eigenvalue weighted by Crippen LogP contribution is 2.67. The number of nitrogens with one attached hydrogen (secondary N) is 4. The number of hydrogen-bond donors (Lipinski definition) is 8. The van der Waals surface area contributed by atoms with E-state index in [4.69, 9.17) is 19.9 Å². The van der Waals surface area contributed by atoms with Gasteiger partial charge in [0, 0.05) is 26.3 Å². The summed E-state index contributed by atoms with van der Waals surface area (Å²) in [5.41, 5.74) is 7.49. The van der Waals surface area contributed by atoms with E-state index >= 15 is 0 Å². The predicted molar refractivity (Wildman–Crippen MR) is 245 cm³/mol. The van der Waals surface area contributed by atoms with Crippen LogP contribution in [0.1, 0.15) is 146 Å². The number of allylic oxidation sites excluding steroid dienone is 1. The van der Waals surface area contributed by atoms with E-state index in [0.717, 1.165) is 36.5 Å². The minimum Gasteiger partial charge on any atom is -0.481 e. The largest absolute Gasteiger partial charge is 0.481 e. The van der Waals surface area contributed by atoms with Crippen molar-refractivity contribution in [2.24, 2.45) is 52.1 Å². The van der Waals surface area contributed by atoms with Gasteiger partial charge in [-0.15, -0.1) is 0 Å². The zero-order valence-corrected chi connectivity index (χ0v) is 40.8. The van der Waals surface area contributed by atoms with E-state index in [1.165, 1.54) is 78.2 Å². The lowest BCUT2D eigenvalue weighted by atomic mass is 9.47. The quantitative estimate of drug-likeness (QED) is 0.0642. The van der Waals surface area contributed by atoms with Gasteiger partial charge in [-0.2, -0.15) is 0 Å². The molecule has 5 aliphatic rings. The summed E-state index contributed by atoms with van der Waals surface area (Å²) in [6, 6.07) is -4.99. The summed E-state index contributed by atoms with van der Waals surface area (Å²) < 4.78 is 17.1. The molecule has 4 fully saturated rings. The molecule has 5 rings (SSSR count). The maximum Gasteiger partial charge on any atom is 0.328 e. The van der Waals surface area contributed by atoms with Gasteiger partial charge in [-0.05, 0) is 118 Å². The number of carbonyl (C=O) groups excluding carboxylic acids is 5. The molecule has 1 saturated heterocycles. The van der Waals surface area contributed by atoms with Crippen LogP contribution in [0.4, 0.5) is 0 Å². The Morgan fingerprint density at radius 3 is 2.21 bits per heavy atom. The Hall–Kier alpha value is -3.64. The number of esters is 1. The third-order valence-corrected chi connectivity index (χ3v) is 16.3. The number of aliphatic hydroxyl groups is 2. The van der Waals surface area contributed by atoms with E-state index in [0.29, 0.717) is 30.1 Å². The molecule has 17 atom stereocenters. The van der Waals surface area contributed by atoms with Gasteiger partial charge in [-0.25, -0.2) is 4.79 Å². The van der Waals surface area contributed by atoms with Crippen molar-refractivity contribution < 1.29 is 58.3 Å². The summed E-state index contributed by atoms with van der Waals surface area (Å²) in [6.07, 6.45) is 7.04. The molecule has 374 valence electrons. The van der Waals surface area contributed by atoms with Crippen LogP contribution in [-0.2, 0) is 43.0 Å². The van der Waals surface area contributed by atoms with Crippen LogP contribution in [-0.4, -0.2) is 118 Å². The van der Waals surface area contributed by atoms with Gasteiger partial charge in [-0.1, -0.05) is 65.5 Å². The molecular formula is C49H81N5O12. The molecule has 0 bridgehead atoms. The molecule has 3 unspecified atom stereocenters. The molecule has 4 aliphatic carbocycles. The molecule has 1 heterocycles. The second kappa shape index (κ2) is 22.6. The van der Waals surface area contributed by atoms with Crippen LogP contribution in [0.5, 0.6) is 0 Å². The van der Waals surface area contributed by atoms with Crippen LogP contribution in [0.3, 0.4) is 0 Å². The first-order valence-electron chi connectivity index (χ1n) is 24.7. The summed E-state index contributed by atoms with van der Waals surface area (Å²) in [5.74, 6) is -0.505. The topological polar surface area (TPSA) is 265 Å². The van der Waals surface area contributed by atoms with E-state index in [-0.39, 0.29) is 24.5 Å². The van der Waals surface area contributed by atoms with Crippen molar-refractivity contribution >= 4 is 35.6 Å². The van der Waals surface area contributed by atoms with E-state index in [2.05, 4.69) is 62.0 Å². The molecule has 0 spiro atoms. The molecule has 9 N–H and O–H groups in total. The van der Waals surface area contributed by atoms with Gasteiger partial charge < -0.3 is 56.5 Å². The Morgan fingerprint density at radius 1 is 0.864 bits per heavy atom. The average molecular weight is 932 g/mol. The Labute approximate surface area is 391 Å². The predicted octanol–water partition coefficient (Wildman–Crippen LogP) is 3.61. The highest BCUT2D eigenvalue weighted by Gasteiger charge is 2.59. The summed E-state index contributed by atoms with van der Waals surface area (Å²) in [7, 11) is 0. The van der Waals surface area contributed by atoms with Gasteiger partial charge in [-0.3, -0.25) is 24.0 Å². The van der Waals surface area contributed by atoms with Crippen LogP contribution in [0, 0.1) is 46.3 Å². The van der Waals surface area contributed by atoms with E-state index < -0.39 is 96.9 Å². The summed E-state index contributed by atoms with van der Waals surface area (Å²) in [4.78, 5) is 76.9. The molecule has 0 aromatic rings. The van der Waals surface area contributed by atoms with Crippen molar-refractivity contribution in [1.29, 1.82) is 0 Å². The van der Waals surface area contributed by atoms with Crippen molar-refractivity contribution in [1.82, 2.24) is 21.3 Å². The van der Waals surface area contributed by atoms with Gasteiger partial charge in [0.2, 0.25) is 23.6 Å². The molecule has 0 aromatic heterocycles. The van der Waals surface area contributed by atoms with Crippen LogP contribution >= 0.6 is 0 Å². The normalized spacial score (nSPS) is 35.0. The number of amides is 4. The van der Waals surface area contributed by atoms with Crippen molar-refractivity contribution in [3.05, 3.63) is 11.6 Å². The minimum atomic E-state index is -1.60. The van der Waals surface area contributed by atoms with Crippen molar-refractivity contribution in [2.75, 3.05) is 6.54 Å². The third kappa shape index (κ3) is 12.3. The molecule has 3 saturated carbocycles. The van der Waals surface area contributed by atoms with Crippen LogP contribution in [0.15, 0.2) is 11.6 Å². The maximum atomic E-state index is 13.5. The summed E-state index contributed by atoms with van der Waals surface area (Å²) in [5, 5.41) is 40.7. The zero-order chi connectivity index (χ0) is 48.8. The number of aliphatic hydroxyl groups excluding tert-OH is 2. The lowest BCUT2D eigenvalue weighted by Gasteiger charge is -2.58. The number of carbonyl (C=O) groups is 6. The first-order chi connectivity index (χ1) is 31.0. The van der Waals surface area contributed by atoms with Crippen molar-refractivity contribution in [3.8, 4) is 0 Å². The number of rotatable bonds is 20. The molecule has 1 aliphatic heterocycles. The molecular weight excluding hydrogens is 851 g/mol. The monoisotopic (exact) mass is 932 g/mol. The summed E-state index contributed by atoms with van der Waals surface area (Å²) >= 11 is 0. The number of nitrogens with two attached hydrogens (primary N) is 1. The number of hydrogen-bond acceptors (Lipinski definition) is 12. The summed E-state index contributed by atoms with van der Waals surface area (Å²) in [6.45, 7) is 17.3. The van der Waals surface area contributed by atoms with E-state index in [1.807, 2.05) is 0 Å².